The molecule has 1 atom stereocenters. The van der Waals surface area contributed by atoms with Gasteiger partial charge in [-0.05, 0) is 35.7 Å². The molecule has 4 rings (SSSR count). The van der Waals surface area contributed by atoms with Crippen LogP contribution in [-0.4, -0.2) is 16.1 Å². The third kappa shape index (κ3) is 5.46. The van der Waals surface area contributed by atoms with Gasteiger partial charge in [0, 0.05) is 18.2 Å². The van der Waals surface area contributed by atoms with Crippen molar-refractivity contribution in [2.45, 2.75) is 33.2 Å². The number of anilines is 2. The standard InChI is InChI=1S/C27H28N4OS/c1-19-9-11-20(12-10-19)17-28-23-15-13-22(14-16-23)24(21-7-5-4-6-8-21)27(2,3)25(32)30-26-31-29-18-33-26/h4-16,18,24,28H,17H2,1-3H3,(H,30,31,32). The highest BCUT2D eigenvalue weighted by atomic mass is 32.1. The Morgan fingerprint density at radius 2 is 1.61 bits per heavy atom. The molecule has 0 saturated carbocycles. The van der Waals surface area contributed by atoms with Gasteiger partial charge in [-0.15, -0.1) is 10.2 Å². The van der Waals surface area contributed by atoms with Crippen LogP contribution in [-0.2, 0) is 11.3 Å². The van der Waals surface area contributed by atoms with Gasteiger partial charge in [0.05, 0.1) is 5.41 Å². The molecule has 0 aliphatic rings. The van der Waals surface area contributed by atoms with Gasteiger partial charge in [-0.2, -0.15) is 0 Å². The van der Waals surface area contributed by atoms with E-state index in [1.165, 1.54) is 22.5 Å². The Kier molecular flexibility index (Phi) is 6.84. The minimum atomic E-state index is -0.718. The molecule has 0 radical (unpaired) electrons. The van der Waals surface area contributed by atoms with Crippen LogP contribution in [0.1, 0.15) is 42.0 Å². The summed E-state index contributed by atoms with van der Waals surface area (Å²) in [6.45, 7) is 6.81. The second-order valence-electron chi connectivity index (χ2n) is 8.72. The first-order valence-electron chi connectivity index (χ1n) is 11.0. The zero-order valence-electron chi connectivity index (χ0n) is 19.1. The Morgan fingerprint density at radius 3 is 2.24 bits per heavy atom. The number of amides is 1. The molecule has 1 aromatic heterocycles. The summed E-state index contributed by atoms with van der Waals surface area (Å²) in [6, 6.07) is 27.1. The summed E-state index contributed by atoms with van der Waals surface area (Å²) in [6.07, 6.45) is 0. The second-order valence-corrected chi connectivity index (χ2v) is 9.56. The van der Waals surface area contributed by atoms with E-state index in [0.717, 1.165) is 23.4 Å². The van der Waals surface area contributed by atoms with E-state index in [4.69, 9.17) is 0 Å². The highest BCUT2D eigenvalue weighted by Crippen LogP contribution is 2.42. The molecule has 0 spiro atoms. The topological polar surface area (TPSA) is 66.9 Å². The normalized spacial score (nSPS) is 12.2. The minimum absolute atomic E-state index is 0.0883. The monoisotopic (exact) mass is 456 g/mol. The van der Waals surface area contributed by atoms with Crippen molar-refractivity contribution in [2.75, 3.05) is 10.6 Å². The largest absolute Gasteiger partial charge is 0.381 e. The van der Waals surface area contributed by atoms with E-state index in [0.29, 0.717) is 5.13 Å². The minimum Gasteiger partial charge on any atom is -0.381 e. The first-order chi connectivity index (χ1) is 15.9. The number of aryl methyl sites for hydroxylation is 1. The van der Waals surface area contributed by atoms with Crippen LogP contribution in [0.25, 0.3) is 0 Å². The number of nitrogens with zero attached hydrogens (tertiary/aromatic N) is 2. The van der Waals surface area contributed by atoms with Gasteiger partial charge in [-0.25, -0.2) is 0 Å². The Labute approximate surface area is 198 Å². The van der Waals surface area contributed by atoms with Crippen molar-refractivity contribution >= 4 is 28.1 Å². The molecule has 2 N–H and O–H groups in total. The molecule has 0 fully saturated rings. The summed E-state index contributed by atoms with van der Waals surface area (Å²) in [4.78, 5) is 13.3. The lowest BCUT2D eigenvalue weighted by Gasteiger charge is -2.33. The Morgan fingerprint density at radius 1 is 0.939 bits per heavy atom. The van der Waals surface area contributed by atoms with Crippen LogP contribution in [0.3, 0.4) is 0 Å². The fraction of sp³-hybridized carbons (Fsp3) is 0.222. The third-order valence-corrected chi connectivity index (χ3v) is 6.49. The quantitative estimate of drug-likeness (QED) is 0.329. The van der Waals surface area contributed by atoms with Crippen molar-refractivity contribution in [3.05, 3.63) is 107 Å². The Balaban J connectivity index is 1.57. The van der Waals surface area contributed by atoms with Gasteiger partial charge in [0.1, 0.15) is 5.51 Å². The summed E-state index contributed by atoms with van der Waals surface area (Å²) >= 11 is 1.31. The number of hydrogen-bond donors (Lipinski definition) is 2. The predicted octanol–water partition coefficient (Wildman–Crippen LogP) is 6.26. The average molecular weight is 457 g/mol. The van der Waals surface area contributed by atoms with E-state index in [2.05, 4.69) is 88.4 Å². The van der Waals surface area contributed by atoms with Gasteiger partial charge < -0.3 is 10.6 Å². The number of carbonyl (C=O) groups is 1. The van der Waals surface area contributed by atoms with Gasteiger partial charge >= 0.3 is 0 Å². The molecule has 1 unspecified atom stereocenters. The van der Waals surface area contributed by atoms with Crippen molar-refractivity contribution in [2.24, 2.45) is 5.41 Å². The molecule has 4 aromatic rings. The third-order valence-electron chi connectivity index (χ3n) is 5.88. The fourth-order valence-electron chi connectivity index (χ4n) is 3.99. The van der Waals surface area contributed by atoms with E-state index in [1.54, 1.807) is 5.51 Å². The molecule has 0 saturated heterocycles. The van der Waals surface area contributed by atoms with Gasteiger partial charge in [0.25, 0.3) is 0 Å². The smallest absolute Gasteiger partial charge is 0.232 e. The van der Waals surface area contributed by atoms with Crippen molar-refractivity contribution < 1.29 is 4.79 Å². The summed E-state index contributed by atoms with van der Waals surface area (Å²) in [7, 11) is 0. The van der Waals surface area contributed by atoms with E-state index in [1.807, 2.05) is 32.0 Å². The molecule has 1 amide bonds. The summed E-state index contributed by atoms with van der Waals surface area (Å²) in [5.41, 5.74) is 6.61. The molecule has 0 bridgehead atoms. The zero-order chi connectivity index (χ0) is 23.3. The molecular formula is C27H28N4OS. The van der Waals surface area contributed by atoms with Gasteiger partial charge in [-0.1, -0.05) is 97.5 Å². The lowest BCUT2D eigenvalue weighted by Crippen LogP contribution is -2.37. The SMILES string of the molecule is Cc1ccc(CNc2ccc(C(c3ccccc3)C(C)(C)C(=O)Nc3nncs3)cc2)cc1. The van der Waals surface area contributed by atoms with E-state index in [9.17, 15) is 4.79 Å². The fourth-order valence-corrected chi connectivity index (χ4v) is 4.43. The first kappa shape index (κ1) is 22.7. The van der Waals surface area contributed by atoms with Crippen LogP contribution < -0.4 is 10.6 Å². The van der Waals surface area contributed by atoms with Gasteiger partial charge in [-0.3, -0.25) is 4.79 Å². The lowest BCUT2D eigenvalue weighted by molar-refractivity contribution is -0.124. The number of rotatable bonds is 8. The summed E-state index contributed by atoms with van der Waals surface area (Å²) in [5, 5.41) is 14.7. The molecule has 0 aliphatic heterocycles. The van der Waals surface area contributed by atoms with Crippen LogP contribution in [0.15, 0.2) is 84.4 Å². The number of hydrogen-bond acceptors (Lipinski definition) is 5. The summed E-state index contributed by atoms with van der Waals surface area (Å²) in [5.74, 6) is -0.215. The number of aromatic nitrogens is 2. The molecule has 33 heavy (non-hydrogen) atoms. The number of nitrogens with one attached hydrogen (secondary N) is 2. The van der Waals surface area contributed by atoms with Crippen molar-refractivity contribution in [3.8, 4) is 0 Å². The predicted molar refractivity (Wildman–Crippen MR) is 136 cm³/mol. The first-order valence-corrected chi connectivity index (χ1v) is 11.8. The average Bonchev–Trinajstić information content (AvgIpc) is 3.33. The maximum Gasteiger partial charge on any atom is 0.232 e. The molecule has 3 aromatic carbocycles. The molecule has 1 heterocycles. The maximum atomic E-state index is 13.3. The molecule has 168 valence electrons. The van der Waals surface area contributed by atoms with Crippen molar-refractivity contribution in [1.82, 2.24) is 10.2 Å². The molecule has 6 heteroatoms. The number of carbonyl (C=O) groups excluding carboxylic acids is 1. The molecule has 0 aliphatic carbocycles. The van der Waals surface area contributed by atoms with Gasteiger partial charge in [0.15, 0.2) is 0 Å². The van der Waals surface area contributed by atoms with E-state index < -0.39 is 5.41 Å². The highest BCUT2D eigenvalue weighted by molar-refractivity contribution is 7.13. The van der Waals surface area contributed by atoms with Crippen LogP contribution >= 0.6 is 11.3 Å². The van der Waals surface area contributed by atoms with E-state index in [-0.39, 0.29) is 11.8 Å². The number of benzene rings is 3. The van der Waals surface area contributed by atoms with Crippen LogP contribution in [0.2, 0.25) is 0 Å². The lowest BCUT2D eigenvalue weighted by atomic mass is 9.70. The Hall–Kier alpha value is -3.51. The van der Waals surface area contributed by atoms with Crippen LogP contribution in [0, 0.1) is 12.3 Å². The van der Waals surface area contributed by atoms with E-state index >= 15 is 0 Å². The van der Waals surface area contributed by atoms with Crippen molar-refractivity contribution in [1.29, 1.82) is 0 Å². The highest BCUT2D eigenvalue weighted by Gasteiger charge is 2.39. The van der Waals surface area contributed by atoms with Crippen molar-refractivity contribution in [3.63, 3.8) is 0 Å². The zero-order valence-corrected chi connectivity index (χ0v) is 19.9. The molecular weight excluding hydrogens is 428 g/mol. The molecule has 5 nitrogen and oxygen atoms in total. The maximum absolute atomic E-state index is 13.3. The van der Waals surface area contributed by atoms with Gasteiger partial charge in [0.2, 0.25) is 11.0 Å². The van der Waals surface area contributed by atoms with Crippen LogP contribution in [0.4, 0.5) is 10.8 Å². The Bertz CT molecular complexity index is 1170. The van der Waals surface area contributed by atoms with Crippen LogP contribution in [0.5, 0.6) is 0 Å². The second kappa shape index (κ2) is 9.96. The summed E-state index contributed by atoms with van der Waals surface area (Å²) < 4.78 is 0.